The smallest absolute Gasteiger partial charge is 0.352 e. The zero-order chi connectivity index (χ0) is 32.1. The molecule has 1 atom stereocenters. The van der Waals surface area contributed by atoms with E-state index in [1.807, 2.05) is 30.3 Å². The molecule has 2 amide bonds. The lowest BCUT2D eigenvalue weighted by Gasteiger charge is -2.34. The SMILES string of the molecule is CS(=O)(=O)N(CC(=O)N(Cc1ccc(Br)cc1)[C@H](Cc1ccccc1)C(=O)NC1CCCC1)c1ccc(Cl)c(C(F)(F)F)c1. The molecule has 1 N–H and O–H groups in total. The molecule has 0 saturated heterocycles. The van der Waals surface area contributed by atoms with Crippen LogP contribution in [-0.4, -0.2) is 50.0 Å². The van der Waals surface area contributed by atoms with Crippen LogP contribution in [0, 0.1) is 0 Å². The van der Waals surface area contributed by atoms with Crippen LogP contribution < -0.4 is 9.62 Å². The Kier molecular flexibility index (Phi) is 11.0. The van der Waals surface area contributed by atoms with E-state index in [9.17, 15) is 31.2 Å². The summed E-state index contributed by atoms with van der Waals surface area (Å²) < 4.78 is 68.2. The van der Waals surface area contributed by atoms with E-state index in [0.29, 0.717) is 15.9 Å². The Bertz CT molecular complexity index is 1570. The third-order valence-electron chi connectivity index (χ3n) is 7.46. The molecule has 0 aromatic heterocycles. The van der Waals surface area contributed by atoms with Crippen LogP contribution in [0.15, 0.2) is 77.3 Å². The van der Waals surface area contributed by atoms with Crippen LogP contribution in [0.4, 0.5) is 18.9 Å². The van der Waals surface area contributed by atoms with E-state index in [1.165, 1.54) is 4.90 Å². The van der Waals surface area contributed by atoms with E-state index in [4.69, 9.17) is 11.6 Å². The topological polar surface area (TPSA) is 86.8 Å². The first-order chi connectivity index (χ1) is 20.7. The van der Waals surface area contributed by atoms with Crippen LogP contribution in [0.2, 0.25) is 5.02 Å². The fourth-order valence-corrected chi connectivity index (χ4v) is 6.54. The number of hydrogen-bond donors (Lipinski definition) is 1. The Morgan fingerprint density at radius 1 is 1.00 bits per heavy atom. The highest BCUT2D eigenvalue weighted by molar-refractivity contribution is 9.10. The molecule has 1 aliphatic carbocycles. The molecule has 0 radical (unpaired) electrons. The molecule has 4 rings (SSSR count). The largest absolute Gasteiger partial charge is 0.417 e. The number of anilines is 1. The van der Waals surface area contributed by atoms with Crippen molar-refractivity contribution in [3.05, 3.63) is 99.0 Å². The minimum Gasteiger partial charge on any atom is -0.352 e. The second-order valence-corrected chi connectivity index (χ2v) is 14.0. The highest BCUT2D eigenvalue weighted by Crippen LogP contribution is 2.37. The highest BCUT2D eigenvalue weighted by atomic mass is 79.9. The zero-order valence-corrected chi connectivity index (χ0v) is 27.0. The Labute approximate surface area is 268 Å². The predicted octanol–water partition coefficient (Wildman–Crippen LogP) is 6.59. The minimum atomic E-state index is -4.85. The number of carbonyl (C=O) groups is 2. The van der Waals surface area contributed by atoms with Gasteiger partial charge in [0.25, 0.3) is 0 Å². The summed E-state index contributed by atoms with van der Waals surface area (Å²) in [7, 11) is -4.25. The summed E-state index contributed by atoms with van der Waals surface area (Å²) in [5.41, 5.74) is -0.163. The van der Waals surface area contributed by atoms with E-state index < -0.39 is 45.3 Å². The number of halogens is 5. The van der Waals surface area contributed by atoms with Gasteiger partial charge < -0.3 is 10.2 Å². The minimum absolute atomic E-state index is 0.0479. The standard InChI is InChI=1S/C31H32BrClF3N3O4S/c1-44(42,43)39(25-15-16-27(33)26(18-25)31(34,35)36)20-29(40)38(19-22-11-13-23(32)14-12-22)28(17-21-7-3-2-4-8-21)30(41)37-24-9-5-6-10-24/h2-4,7-8,11-16,18,24,28H,5-6,9-10,17,19-20H2,1H3,(H,37,41)/t28-/m1/s1. The number of hydrogen-bond acceptors (Lipinski definition) is 4. The summed E-state index contributed by atoms with van der Waals surface area (Å²) in [5, 5.41) is 2.46. The van der Waals surface area contributed by atoms with Crippen LogP contribution in [0.1, 0.15) is 42.4 Å². The maximum atomic E-state index is 14.1. The Balaban J connectivity index is 1.75. The Morgan fingerprint density at radius 3 is 2.23 bits per heavy atom. The quantitative estimate of drug-likeness (QED) is 0.243. The van der Waals surface area contributed by atoms with E-state index in [1.54, 1.807) is 24.3 Å². The molecule has 3 aromatic rings. The van der Waals surface area contributed by atoms with Crippen LogP contribution in [0.3, 0.4) is 0 Å². The molecule has 0 aliphatic heterocycles. The number of amides is 2. The number of nitrogens with zero attached hydrogens (tertiary/aromatic N) is 2. The lowest BCUT2D eigenvalue weighted by Crippen LogP contribution is -2.54. The van der Waals surface area contributed by atoms with Gasteiger partial charge in [-0.1, -0.05) is 82.8 Å². The average molecular weight is 715 g/mol. The summed E-state index contributed by atoms with van der Waals surface area (Å²) >= 11 is 9.15. The van der Waals surface area contributed by atoms with Crippen LogP contribution in [-0.2, 0) is 38.8 Å². The van der Waals surface area contributed by atoms with Gasteiger partial charge in [0.1, 0.15) is 12.6 Å². The Hall–Kier alpha value is -3.09. The molecule has 1 saturated carbocycles. The van der Waals surface area contributed by atoms with Crippen molar-refractivity contribution in [2.75, 3.05) is 17.1 Å². The van der Waals surface area contributed by atoms with Gasteiger partial charge in [0.2, 0.25) is 21.8 Å². The van der Waals surface area contributed by atoms with Gasteiger partial charge in [0, 0.05) is 23.5 Å². The van der Waals surface area contributed by atoms with Crippen LogP contribution >= 0.6 is 27.5 Å². The van der Waals surface area contributed by atoms with Crippen LogP contribution in [0.5, 0.6) is 0 Å². The predicted molar refractivity (Wildman–Crippen MR) is 168 cm³/mol. The number of sulfonamides is 1. The summed E-state index contributed by atoms with van der Waals surface area (Å²) in [5.74, 6) is -1.15. The molecule has 13 heteroatoms. The summed E-state index contributed by atoms with van der Waals surface area (Å²) in [6.45, 7) is -0.885. The van der Waals surface area contributed by atoms with Crippen molar-refractivity contribution in [1.82, 2.24) is 10.2 Å². The van der Waals surface area contributed by atoms with Gasteiger partial charge in [-0.15, -0.1) is 0 Å². The summed E-state index contributed by atoms with van der Waals surface area (Å²) in [6.07, 6.45) is -0.350. The molecular formula is C31H32BrClF3N3O4S. The van der Waals surface area contributed by atoms with Crippen molar-refractivity contribution in [2.24, 2.45) is 0 Å². The van der Waals surface area contributed by atoms with Crippen molar-refractivity contribution in [1.29, 1.82) is 0 Å². The van der Waals surface area contributed by atoms with Crippen molar-refractivity contribution < 1.29 is 31.2 Å². The maximum Gasteiger partial charge on any atom is 0.417 e. The summed E-state index contributed by atoms with van der Waals surface area (Å²) in [4.78, 5) is 29.3. The van der Waals surface area contributed by atoms with E-state index >= 15 is 0 Å². The lowest BCUT2D eigenvalue weighted by atomic mass is 10.0. The molecule has 1 fully saturated rings. The number of carbonyl (C=O) groups excluding carboxylic acids is 2. The molecule has 0 bridgehead atoms. The lowest BCUT2D eigenvalue weighted by molar-refractivity contribution is -0.140. The fourth-order valence-electron chi connectivity index (χ4n) is 5.21. The molecule has 0 spiro atoms. The maximum absolute atomic E-state index is 14.1. The molecule has 236 valence electrons. The van der Waals surface area contributed by atoms with Crippen molar-refractivity contribution >= 4 is 55.1 Å². The van der Waals surface area contributed by atoms with Gasteiger partial charge in [-0.25, -0.2) is 8.42 Å². The number of benzene rings is 3. The Morgan fingerprint density at radius 2 is 1.64 bits per heavy atom. The second kappa shape index (κ2) is 14.3. The fraction of sp³-hybridized carbons (Fsp3) is 0.355. The molecule has 0 unspecified atom stereocenters. The van der Waals surface area contributed by atoms with E-state index in [-0.39, 0.29) is 30.6 Å². The van der Waals surface area contributed by atoms with Gasteiger partial charge in [0.05, 0.1) is 22.5 Å². The van der Waals surface area contributed by atoms with E-state index in [0.717, 1.165) is 54.1 Å². The second-order valence-electron chi connectivity index (χ2n) is 10.8. The number of nitrogens with one attached hydrogen (secondary N) is 1. The molecule has 7 nitrogen and oxygen atoms in total. The first kappa shape index (κ1) is 33.8. The first-order valence-corrected chi connectivity index (χ1v) is 17.0. The molecule has 1 aliphatic rings. The molecule has 0 heterocycles. The monoisotopic (exact) mass is 713 g/mol. The van der Waals surface area contributed by atoms with E-state index in [2.05, 4.69) is 21.2 Å². The molecule has 3 aromatic carbocycles. The van der Waals surface area contributed by atoms with Crippen molar-refractivity contribution in [2.45, 2.75) is 56.9 Å². The van der Waals surface area contributed by atoms with Gasteiger partial charge in [0.15, 0.2) is 0 Å². The summed E-state index contributed by atoms with van der Waals surface area (Å²) in [6, 6.07) is 17.8. The van der Waals surface area contributed by atoms with Crippen LogP contribution in [0.25, 0.3) is 0 Å². The highest BCUT2D eigenvalue weighted by Gasteiger charge is 2.37. The molecule has 44 heavy (non-hydrogen) atoms. The molecular weight excluding hydrogens is 683 g/mol. The number of alkyl halides is 3. The third-order valence-corrected chi connectivity index (χ3v) is 9.46. The normalized spacial score (nSPS) is 14.7. The third kappa shape index (κ3) is 8.98. The van der Waals surface area contributed by atoms with Gasteiger partial charge in [-0.05, 0) is 54.3 Å². The van der Waals surface area contributed by atoms with Gasteiger partial charge in [-0.2, -0.15) is 13.2 Å². The zero-order valence-electron chi connectivity index (χ0n) is 23.9. The first-order valence-electron chi connectivity index (χ1n) is 13.9. The number of rotatable bonds is 11. The van der Waals surface area contributed by atoms with Crippen molar-refractivity contribution in [3.63, 3.8) is 0 Å². The average Bonchev–Trinajstić information content (AvgIpc) is 3.47. The van der Waals surface area contributed by atoms with Crippen molar-refractivity contribution in [3.8, 4) is 0 Å². The van der Waals surface area contributed by atoms with Gasteiger partial charge in [-0.3, -0.25) is 13.9 Å². The van der Waals surface area contributed by atoms with Gasteiger partial charge >= 0.3 is 6.18 Å².